The molecule has 34 heavy (non-hydrogen) atoms. The SMILES string of the molecule is O=c1[nH]c(=O)n(-c2cc(Cl)c(Oc3cc(S(=O)(=O)C4CCC4)c(O)cn3)c(Cl)c2)nc1C(F)F. The van der Waals surface area contributed by atoms with Crippen molar-refractivity contribution in [2.24, 2.45) is 0 Å². The highest BCUT2D eigenvalue weighted by Gasteiger charge is 2.35. The first-order valence-corrected chi connectivity index (χ1v) is 11.9. The zero-order valence-corrected chi connectivity index (χ0v) is 19.2. The second-order valence-corrected chi connectivity index (χ2v) is 10.3. The molecule has 2 heterocycles. The van der Waals surface area contributed by atoms with Gasteiger partial charge in [-0.2, -0.15) is 9.78 Å². The maximum Gasteiger partial charge on any atom is 0.349 e. The standard InChI is InChI=1S/C19H14Cl2F2N4O6S/c20-10-4-8(27-19(30)25-18(29)15(26-27)17(22)23)5-11(21)16(10)33-14-6-13(12(28)7-24-14)34(31,32)9-2-1-3-9/h4-7,9,17,28H,1-3H2,(H,25,29,30). The maximum atomic E-state index is 13.0. The zero-order valence-electron chi connectivity index (χ0n) is 16.8. The number of benzene rings is 1. The molecular weight excluding hydrogens is 521 g/mol. The lowest BCUT2D eigenvalue weighted by Gasteiger charge is -2.25. The van der Waals surface area contributed by atoms with Crippen LogP contribution in [0.1, 0.15) is 31.4 Å². The normalized spacial score (nSPS) is 14.3. The van der Waals surface area contributed by atoms with Crippen molar-refractivity contribution in [3.63, 3.8) is 0 Å². The number of aromatic amines is 1. The molecule has 1 saturated carbocycles. The van der Waals surface area contributed by atoms with Crippen LogP contribution in [0.25, 0.3) is 5.69 Å². The van der Waals surface area contributed by atoms with E-state index in [1.165, 1.54) is 0 Å². The number of halogens is 4. The van der Waals surface area contributed by atoms with Gasteiger partial charge in [0.2, 0.25) is 5.88 Å². The molecule has 0 saturated heterocycles. The number of sulfone groups is 1. The molecular formula is C19H14Cl2F2N4O6S. The van der Waals surface area contributed by atoms with Gasteiger partial charge in [0, 0.05) is 6.07 Å². The highest BCUT2D eigenvalue weighted by Crippen LogP contribution is 2.40. The summed E-state index contributed by atoms with van der Waals surface area (Å²) in [7, 11) is -3.80. The predicted octanol–water partition coefficient (Wildman–Crippen LogP) is 3.38. The van der Waals surface area contributed by atoms with Gasteiger partial charge in [0.15, 0.2) is 27.0 Å². The molecule has 0 radical (unpaired) electrons. The molecule has 15 heteroatoms. The van der Waals surface area contributed by atoms with Crippen molar-refractivity contribution in [2.45, 2.75) is 35.8 Å². The average molecular weight is 535 g/mol. The Balaban J connectivity index is 1.71. The van der Waals surface area contributed by atoms with Crippen LogP contribution in [0.15, 0.2) is 38.9 Å². The van der Waals surface area contributed by atoms with Gasteiger partial charge in [0.25, 0.3) is 12.0 Å². The van der Waals surface area contributed by atoms with Crippen molar-refractivity contribution >= 4 is 33.0 Å². The molecule has 1 aromatic carbocycles. The van der Waals surface area contributed by atoms with E-state index in [9.17, 15) is 31.9 Å². The van der Waals surface area contributed by atoms with Crippen molar-refractivity contribution in [1.82, 2.24) is 19.7 Å². The van der Waals surface area contributed by atoms with Crippen molar-refractivity contribution in [2.75, 3.05) is 0 Å². The summed E-state index contributed by atoms with van der Waals surface area (Å²) in [5.74, 6) is -0.972. The predicted molar refractivity (Wildman–Crippen MR) is 116 cm³/mol. The molecule has 0 spiro atoms. The number of nitrogens with zero attached hydrogens (tertiary/aromatic N) is 3. The lowest BCUT2D eigenvalue weighted by Crippen LogP contribution is -2.34. The van der Waals surface area contributed by atoms with Gasteiger partial charge in [0.05, 0.1) is 27.2 Å². The molecule has 0 amide bonds. The van der Waals surface area contributed by atoms with Crippen LogP contribution < -0.4 is 16.0 Å². The first kappa shape index (κ1) is 24.1. The van der Waals surface area contributed by atoms with Gasteiger partial charge in [-0.15, -0.1) is 0 Å². The summed E-state index contributed by atoms with van der Waals surface area (Å²) >= 11 is 12.4. The summed E-state index contributed by atoms with van der Waals surface area (Å²) in [6.45, 7) is 0. The van der Waals surface area contributed by atoms with Crippen LogP contribution in [-0.4, -0.2) is 38.5 Å². The fraction of sp³-hybridized carbons (Fsp3) is 0.263. The van der Waals surface area contributed by atoms with Gasteiger partial charge in [-0.05, 0) is 25.0 Å². The second kappa shape index (κ2) is 8.96. The third kappa shape index (κ3) is 4.38. The number of nitrogens with one attached hydrogen (secondary N) is 1. The molecule has 1 aliphatic rings. The number of hydrogen-bond acceptors (Lipinski definition) is 8. The summed E-state index contributed by atoms with van der Waals surface area (Å²) in [5.41, 5.74) is -3.78. The molecule has 180 valence electrons. The molecule has 1 fully saturated rings. The van der Waals surface area contributed by atoms with Gasteiger partial charge >= 0.3 is 5.69 Å². The minimum Gasteiger partial charge on any atom is -0.505 e. The van der Waals surface area contributed by atoms with Crippen LogP contribution in [0, 0.1) is 0 Å². The van der Waals surface area contributed by atoms with Crippen LogP contribution >= 0.6 is 23.2 Å². The Bertz CT molecular complexity index is 1480. The molecule has 4 rings (SSSR count). The Morgan fingerprint density at radius 1 is 1.18 bits per heavy atom. The fourth-order valence-electron chi connectivity index (χ4n) is 3.16. The van der Waals surface area contributed by atoms with E-state index in [0.29, 0.717) is 17.5 Å². The first-order valence-electron chi connectivity index (χ1n) is 9.61. The molecule has 1 aliphatic carbocycles. The Morgan fingerprint density at radius 3 is 2.38 bits per heavy atom. The summed E-state index contributed by atoms with van der Waals surface area (Å²) < 4.78 is 57.4. The Morgan fingerprint density at radius 2 is 1.82 bits per heavy atom. The van der Waals surface area contributed by atoms with E-state index >= 15 is 0 Å². The van der Waals surface area contributed by atoms with E-state index in [0.717, 1.165) is 30.8 Å². The number of aromatic nitrogens is 4. The minimum absolute atomic E-state index is 0.155. The van der Waals surface area contributed by atoms with E-state index in [-0.39, 0.29) is 32.3 Å². The highest BCUT2D eigenvalue weighted by atomic mass is 35.5. The Hall–Kier alpha value is -3.03. The van der Waals surface area contributed by atoms with Gasteiger partial charge in [-0.1, -0.05) is 29.6 Å². The largest absolute Gasteiger partial charge is 0.505 e. The Labute approximate surface area is 199 Å². The minimum atomic E-state index is -3.80. The van der Waals surface area contributed by atoms with Crippen LogP contribution in [0.5, 0.6) is 17.4 Å². The molecule has 0 unspecified atom stereocenters. The Kier molecular flexibility index (Phi) is 6.36. The third-order valence-electron chi connectivity index (χ3n) is 5.11. The topological polar surface area (TPSA) is 144 Å². The van der Waals surface area contributed by atoms with Crippen molar-refractivity contribution in [3.05, 3.63) is 61.0 Å². The molecule has 2 aromatic heterocycles. The molecule has 0 atom stereocenters. The summed E-state index contributed by atoms with van der Waals surface area (Å²) in [5, 5.41) is 12.3. The molecule has 0 bridgehead atoms. The van der Waals surface area contributed by atoms with Crippen LogP contribution in [-0.2, 0) is 9.84 Å². The van der Waals surface area contributed by atoms with Crippen molar-refractivity contribution < 1.29 is 27.0 Å². The summed E-state index contributed by atoms with van der Waals surface area (Å²) in [6, 6.07) is 3.25. The molecule has 2 N–H and O–H groups in total. The number of hydrogen-bond donors (Lipinski definition) is 2. The van der Waals surface area contributed by atoms with Crippen molar-refractivity contribution in [1.29, 1.82) is 0 Å². The van der Waals surface area contributed by atoms with E-state index in [4.69, 9.17) is 27.9 Å². The average Bonchev–Trinajstić information content (AvgIpc) is 2.69. The molecule has 10 nitrogen and oxygen atoms in total. The lowest BCUT2D eigenvalue weighted by molar-refractivity contribution is 0.141. The number of rotatable bonds is 6. The first-order chi connectivity index (χ1) is 16.0. The third-order valence-corrected chi connectivity index (χ3v) is 7.96. The van der Waals surface area contributed by atoms with E-state index in [1.807, 2.05) is 0 Å². The second-order valence-electron chi connectivity index (χ2n) is 7.29. The van der Waals surface area contributed by atoms with Crippen LogP contribution in [0.3, 0.4) is 0 Å². The maximum absolute atomic E-state index is 13.0. The number of ether oxygens (including phenoxy) is 1. The number of alkyl halides is 2. The fourth-order valence-corrected chi connectivity index (χ4v) is 5.63. The van der Waals surface area contributed by atoms with Gasteiger partial charge < -0.3 is 9.84 Å². The number of H-pyrrole nitrogens is 1. The van der Waals surface area contributed by atoms with Gasteiger partial charge in [-0.3, -0.25) is 9.78 Å². The highest BCUT2D eigenvalue weighted by molar-refractivity contribution is 7.92. The quantitative estimate of drug-likeness (QED) is 0.489. The zero-order chi connectivity index (χ0) is 24.8. The van der Waals surface area contributed by atoms with E-state index < -0.39 is 44.2 Å². The lowest BCUT2D eigenvalue weighted by atomic mass is 10.00. The van der Waals surface area contributed by atoms with Gasteiger partial charge in [0.1, 0.15) is 4.90 Å². The van der Waals surface area contributed by atoms with E-state index in [2.05, 4.69) is 10.1 Å². The van der Waals surface area contributed by atoms with E-state index in [1.54, 1.807) is 4.98 Å². The van der Waals surface area contributed by atoms with Gasteiger partial charge in [-0.25, -0.2) is 27.0 Å². The number of aromatic hydroxyl groups is 1. The monoisotopic (exact) mass is 534 g/mol. The van der Waals surface area contributed by atoms with Crippen LogP contribution in [0.2, 0.25) is 10.0 Å². The smallest absolute Gasteiger partial charge is 0.349 e. The summed E-state index contributed by atoms with van der Waals surface area (Å²) in [6.07, 6.45) is -0.611. The summed E-state index contributed by atoms with van der Waals surface area (Å²) in [4.78, 5) is 28.7. The van der Waals surface area contributed by atoms with Crippen LogP contribution in [0.4, 0.5) is 8.78 Å². The number of pyridine rings is 1. The van der Waals surface area contributed by atoms with Crippen molar-refractivity contribution in [3.8, 4) is 23.1 Å². The molecule has 3 aromatic rings. The molecule has 0 aliphatic heterocycles.